The minimum absolute atomic E-state index is 0.0587. The highest BCUT2D eigenvalue weighted by Crippen LogP contribution is 2.35. The molecule has 1 aromatic rings. The molecule has 156 valence electrons. The molecule has 0 aromatic heterocycles. The van der Waals surface area contributed by atoms with Gasteiger partial charge in [0, 0.05) is 44.9 Å². The van der Waals surface area contributed by atoms with E-state index in [0.29, 0.717) is 24.5 Å². The maximum absolute atomic E-state index is 11.9. The van der Waals surface area contributed by atoms with E-state index in [9.17, 15) is 14.9 Å². The van der Waals surface area contributed by atoms with E-state index in [-0.39, 0.29) is 41.6 Å². The summed E-state index contributed by atoms with van der Waals surface area (Å²) in [6.45, 7) is 4.44. The van der Waals surface area contributed by atoms with Crippen LogP contribution >= 0.6 is 0 Å². The molecule has 8 heteroatoms. The van der Waals surface area contributed by atoms with E-state index >= 15 is 0 Å². The molecule has 28 heavy (non-hydrogen) atoms. The van der Waals surface area contributed by atoms with Crippen LogP contribution in [0.4, 0.5) is 11.4 Å². The largest absolute Gasteiger partial charge is 0.469 e. The topological polar surface area (TPSA) is 91.1 Å². The van der Waals surface area contributed by atoms with Crippen LogP contribution < -0.4 is 4.90 Å². The van der Waals surface area contributed by atoms with Crippen molar-refractivity contribution in [2.75, 3.05) is 45.5 Å². The van der Waals surface area contributed by atoms with Crippen LogP contribution in [0.3, 0.4) is 0 Å². The average molecular weight is 394 g/mol. The number of ether oxygens (including phenoxy) is 3. The first kappa shape index (κ1) is 22.1. The summed E-state index contributed by atoms with van der Waals surface area (Å²) in [6.07, 6.45) is 2.71. The zero-order valence-electron chi connectivity index (χ0n) is 16.9. The summed E-state index contributed by atoms with van der Waals surface area (Å²) in [5.41, 5.74) is 1.38. The van der Waals surface area contributed by atoms with E-state index in [2.05, 4.69) is 11.8 Å². The molecule has 0 unspecified atom stereocenters. The summed E-state index contributed by atoms with van der Waals surface area (Å²) < 4.78 is 15.4. The number of nitro benzene ring substituents is 1. The summed E-state index contributed by atoms with van der Waals surface area (Å²) >= 11 is 0. The number of rotatable bonds is 10. The van der Waals surface area contributed by atoms with Crippen molar-refractivity contribution in [3.05, 3.63) is 33.9 Å². The number of hydrogen-bond donors (Lipinski definition) is 0. The lowest BCUT2D eigenvalue weighted by Crippen LogP contribution is -2.40. The standard InChI is InChI=1S/C20H30N2O6/c1-4-9-21(17-7-10-28-11-8-17)18-6-5-15(12-19(18)22(24)25)16(14-26-2)13-20(23)27-3/h5-6,12,16-17H,4,7-11,13-14H2,1-3H3/t16-/m0/s1. The number of carbonyl (C=O) groups is 1. The van der Waals surface area contributed by atoms with Crippen LogP contribution in [0.1, 0.15) is 44.1 Å². The molecule has 0 saturated carbocycles. The fourth-order valence-corrected chi connectivity index (χ4v) is 3.68. The van der Waals surface area contributed by atoms with Gasteiger partial charge in [-0.05, 0) is 30.9 Å². The van der Waals surface area contributed by atoms with Gasteiger partial charge in [-0.1, -0.05) is 13.0 Å². The van der Waals surface area contributed by atoms with Crippen molar-refractivity contribution >= 4 is 17.3 Å². The van der Waals surface area contributed by atoms with Gasteiger partial charge in [0.15, 0.2) is 0 Å². The summed E-state index contributed by atoms with van der Waals surface area (Å²) in [6, 6.07) is 5.46. The minimum Gasteiger partial charge on any atom is -0.469 e. The maximum Gasteiger partial charge on any atom is 0.306 e. The molecule has 1 heterocycles. The number of hydrogen-bond acceptors (Lipinski definition) is 7. The van der Waals surface area contributed by atoms with Gasteiger partial charge < -0.3 is 19.1 Å². The van der Waals surface area contributed by atoms with E-state index in [1.165, 1.54) is 7.11 Å². The molecule has 1 atom stereocenters. The quantitative estimate of drug-likeness (QED) is 0.342. The third-order valence-electron chi connectivity index (χ3n) is 5.08. The van der Waals surface area contributed by atoms with E-state index in [0.717, 1.165) is 25.8 Å². The third kappa shape index (κ3) is 5.65. The van der Waals surface area contributed by atoms with Gasteiger partial charge in [0.1, 0.15) is 5.69 Å². The van der Waals surface area contributed by atoms with Gasteiger partial charge in [-0.25, -0.2) is 0 Å². The molecule has 2 rings (SSSR count). The lowest BCUT2D eigenvalue weighted by Gasteiger charge is -2.35. The number of anilines is 1. The zero-order valence-corrected chi connectivity index (χ0v) is 16.9. The molecule has 0 radical (unpaired) electrons. The smallest absolute Gasteiger partial charge is 0.306 e. The number of carbonyl (C=O) groups excluding carboxylic acids is 1. The normalized spacial score (nSPS) is 15.8. The van der Waals surface area contributed by atoms with Crippen LogP contribution in [0.2, 0.25) is 0 Å². The Kier molecular flexibility index (Phi) is 8.66. The van der Waals surface area contributed by atoms with Crippen LogP contribution in [0.15, 0.2) is 18.2 Å². The Morgan fingerprint density at radius 2 is 2.07 bits per heavy atom. The molecular weight excluding hydrogens is 364 g/mol. The van der Waals surface area contributed by atoms with Crippen LogP contribution in [0, 0.1) is 10.1 Å². The van der Waals surface area contributed by atoms with E-state index in [1.807, 2.05) is 6.07 Å². The summed E-state index contributed by atoms with van der Waals surface area (Å²) in [5.74, 6) is -0.670. The zero-order chi connectivity index (χ0) is 20.5. The predicted octanol–water partition coefficient (Wildman–Crippen LogP) is 3.28. The van der Waals surface area contributed by atoms with Crippen molar-refractivity contribution in [2.24, 2.45) is 0 Å². The maximum atomic E-state index is 11.9. The van der Waals surface area contributed by atoms with Gasteiger partial charge >= 0.3 is 5.97 Å². The number of methoxy groups -OCH3 is 2. The van der Waals surface area contributed by atoms with Crippen molar-refractivity contribution in [3.63, 3.8) is 0 Å². The van der Waals surface area contributed by atoms with Gasteiger partial charge in [0.05, 0.1) is 25.1 Å². The molecule has 8 nitrogen and oxygen atoms in total. The molecule has 0 bridgehead atoms. The second-order valence-electron chi connectivity index (χ2n) is 6.97. The Bertz CT molecular complexity index is 660. The van der Waals surface area contributed by atoms with Crippen LogP contribution in [-0.4, -0.2) is 57.5 Å². The molecule has 0 amide bonds. The summed E-state index contributed by atoms with van der Waals surface area (Å²) in [7, 11) is 2.87. The number of nitrogens with zero attached hydrogens (tertiary/aromatic N) is 2. The number of benzene rings is 1. The van der Waals surface area contributed by atoms with Crippen molar-refractivity contribution in [3.8, 4) is 0 Å². The fourth-order valence-electron chi connectivity index (χ4n) is 3.68. The molecule has 0 N–H and O–H groups in total. The minimum atomic E-state index is -0.372. The highest BCUT2D eigenvalue weighted by atomic mass is 16.6. The monoisotopic (exact) mass is 394 g/mol. The van der Waals surface area contributed by atoms with Crippen molar-refractivity contribution in [1.29, 1.82) is 0 Å². The molecule has 1 aliphatic rings. The Hall–Kier alpha value is -2.19. The lowest BCUT2D eigenvalue weighted by molar-refractivity contribution is -0.384. The van der Waals surface area contributed by atoms with Crippen LogP contribution in [-0.2, 0) is 19.0 Å². The predicted molar refractivity (Wildman–Crippen MR) is 106 cm³/mol. The Morgan fingerprint density at radius 3 is 2.64 bits per heavy atom. The molecule has 0 aliphatic carbocycles. The van der Waals surface area contributed by atoms with Crippen molar-refractivity contribution < 1.29 is 23.9 Å². The Labute approximate surface area is 165 Å². The van der Waals surface area contributed by atoms with Crippen molar-refractivity contribution in [2.45, 2.75) is 44.6 Å². The van der Waals surface area contributed by atoms with Crippen molar-refractivity contribution in [1.82, 2.24) is 0 Å². The van der Waals surface area contributed by atoms with Crippen LogP contribution in [0.5, 0.6) is 0 Å². The van der Waals surface area contributed by atoms with E-state index < -0.39 is 0 Å². The van der Waals surface area contributed by atoms with E-state index in [4.69, 9.17) is 14.2 Å². The van der Waals surface area contributed by atoms with Gasteiger partial charge in [0.25, 0.3) is 5.69 Å². The number of nitro groups is 1. The lowest BCUT2D eigenvalue weighted by atomic mass is 9.95. The molecule has 1 saturated heterocycles. The molecule has 1 aromatic carbocycles. The SMILES string of the molecule is CCCN(c1ccc([C@H](COC)CC(=O)OC)cc1[N+](=O)[O-])C1CCOCC1. The second kappa shape index (κ2) is 11.0. The molecule has 0 spiro atoms. The average Bonchev–Trinajstić information content (AvgIpc) is 2.71. The molecular formula is C20H30N2O6. The first-order valence-corrected chi connectivity index (χ1v) is 9.70. The highest BCUT2D eigenvalue weighted by Gasteiger charge is 2.28. The van der Waals surface area contributed by atoms with Gasteiger partial charge in [-0.2, -0.15) is 0 Å². The van der Waals surface area contributed by atoms with E-state index in [1.54, 1.807) is 19.2 Å². The van der Waals surface area contributed by atoms with Gasteiger partial charge in [0.2, 0.25) is 0 Å². The Morgan fingerprint density at radius 1 is 1.36 bits per heavy atom. The highest BCUT2D eigenvalue weighted by molar-refractivity contribution is 5.71. The summed E-state index contributed by atoms with van der Waals surface area (Å²) in [4.78, 5) is 25.4. The first-order valence-electron chi connectivity index (χ1n) is 9.70. The number of esters is 1. The van der Waals surface area contributed by atoms with Crippen LogP contribution in [0.25, 0.3) is 0 Å². The molecule has 1 fully saturated rings. The third-order valence-corrected chi connectivity index (χ3v) is 5.08. The molecule has 1 aliphatic heterocycles. The first-order chi connectivity index (χ1) is 13.5. The Balaban J connectivity index is 2.38. The van der Waals surface area contributed by atoms with Gasteiger partial charge in [-0.15, -0.1) is 0 Å². The van der Waals surface area contributed by atoms with Gasteiger partial charge in [-0.3, -0.25) is 14.9 Å². The summed E-state index contributed by atoms with van der Waals surface area (Å²) in [5, 5.41) is 11.9. The fraction of sp³-hybridized carbons (Fsp3) is 0.650. The second-order valence-corrected chi connectivity index (χ2v) is 6.97.